The van der Waals surface area contributed by atoms with Gasteiger partial charge in [0, 0.05) is 44.4 Å². The molecule has 2 fully saturated rings. The number of rotatable bonds is 7. The Bertz CT molecular complexity index is 635. The van der Waals surface area contributed by atoms with Crippen LogP contribution in [0.25, 0.3) is 0 Å². The number of amides is 2. The summed E-state index contributed by atoms with van der Waals surface area (Å²) in [5, 5.41) is 6.14. The van der Waals surface area contributed by atoms with Crippen LogP contribution >= 0.6 is 0 Å². The first-order valence-electron chi connectivity index (χ1n) is 10.1. The van der Waals surface area contributed by atoms with E-state index in [-0.39, 0.29) is 23.8 Å². The van der Waals surface area contributed by atoms with Crippen molar-refractivity contribution in [3.63, 3.8) is 0 Å². The van der Waals surface area contributed by atoms with Crippen LogP contribution in [0, 0.1) is 5.92 Å². The number of para-hydroxylation sites is 1. The lowest BCUT2D eigenvalue weighted by atomic mass is 10.0. The quantitative estimate of drug-likeness (QED) is 0.720. The zero-order valence-electron chi connectivity index (χ0n) is 16.2. The molecule has 6 heteroatoms. The van der Waals surface area contributed by atoms with Crippen LogP contribution in [-0.4, -0.2) is 51.2 Å². The maximum atomic E-state index is 12.5. The minimum atomic E-state index is -0.0701. The van der Waals surface area contributed by atoms with Gasteiger partial charge in [0.2, 0.25) is 5.91 Å². The summed E-state index contributed by atoms with van der Waals surface area (Å²) in [6.07, 6.45) is 6.27. The highest BCUT2D eigenvalue weighted by atomic mass is 16.5. The largest absolute Gasteiger partial charge is 0.383 e. The molecule has 148 valence electrons. The van der Waals surface area contributed by atoms with Crippen LogP contribution in [0.15, 0.2) is 24.3 Å². The van der Waals surface area contributed by atoms with Crippen molar-refractivity contribution >= 4 is 17.5 Å². The van der Waals surface area contributed by atoms with Crippen molar-refractivity contribution in [2.45, 2.75) is 44.6 Å². The Morgan fingerprint density at radius 1 is 1.11 bits per heavy atom. The lowest BCUT2D eigenvalue weighted by Gasteiger charge is -2.35. The lowest BCUT2D eigenvalue weighted by Crippen LogP contribution is -2.46. The highest BCUT2D eigenvalue weighted by molar-refractivity contribution is 5.99. The van der Waals surface area contributed by atoms with Crippen LogP contribution in [-0.2, 0) is 9.53 Å². The van der Waals surface area contributed by atoms with Gasteiger partial charge in [0.15, 0.2) is 0 Å². The number of carbonyl (C=O) groups is 2. The Kier molecular flexibility index (Phi) is 7.10. The zero-order valence-corrected chi connectivity index (χ0v) is 16.2. The fourth-order valence-electron chi connectivity index (χ4n) is 4.08. The van der Waals surface area contributed by atoms with Gasteiger partial charge in [0.1, 0.15) is 0 Å². The molecule has 0 radical (unpaired) electrons. The Morgan fingerprint density at radius 2 is 1.81 bits per heavy atom. The number of hydrogen-bond donors (Lipinski definition) is 2. The molecule has 0 atom stereocenters. The average Bonchev–Trinajstić information content (AvgIpc) is 3.24. The maximum Gasteiger partial charge on any atom is 0.253 e. The standard InChI is InChI=1S/C21H31N3O3/c1-27-15-12-22-21(26)18-8-4-5-9-19(18)24-13-10-17(11-14-24)23-20(25)16-6-2-3-7-16/h4-5,8-9,16-17H,2-3,6-7,10-15H2,1H3,(H,22,26)(H,23,25). The van der Waals surface area contributed by atoms with Crippen molar-refractivity contribution in [2.75, 3.05) is 38.3 Å². The molecule has 1 heterocycles. The fraction of sp³-hybridized carbons (Fsp3) is 0.619. The van der Waals surface area contributed by atoms with Gasteiger partial charge in [-0.3, -0.25) is 9.59 Å². The number of carbonyl (C=O) groups excluding carboxylic acids is 2. The summed E-state index contributed by atoms with van der Waals surface area (Å²) < 4.78 is 5.00. The summed E-state index contributed by atoms with van der Waals surface area (Å²) in [5.41, 5.74) is 1.66. The van der Waals surface area contributed by atoms with E-state index >= 15 is 0 Å². The molecule has 0 spiro atoms. The molecule has 1 saturated heterocycles. The average molecular weight is 373 g/mol. The predicted molar refractivity (Wildman–Crippen MR) is 106 cm³/mol. The normalized spacial score (nSPS) is 18.5. The molecular weight excluding hydrogens is 342 g/mol. The smallest absolute Gasteiger partial charge is 0.253 e. The summed E-state index contributed by atoms with van der Waals surface area (Å²) in [4.78, 5) is 27.1. The van der Waals surface area contributed by atoms with E-state index in [9.17, 15) is 9.59 Å². The van der Waals surface area contributed by atoms with Gasteiger partial charge in [-0.25, -0.2) is 0 Å². The van der Waals surface area contributed by atoms with Gasteiger partial charge >= 0.3 is 0 Å². The molecule has 1 aromatic carbocycles. The number of nitrogens with zero attached hydrogens (tertiary/aromatic N) is 1. The molecule has 0 bridgehead atoms. The zero-order chi connectivity index (χ0) is 19.1. The molecule has 6 nitrogen and oxygen atoms in total. The van der Waals surface area contributed by atoms with Gasteiger partial charge in [0.05, 0.1) is 12.2 Å². The van der Waals surface area contributed by atoms with E-state index in [1.807, 2.05) is 24.3 Å². The SMILES string of the molecule is COCCNC(=O)c1ccccc1N1CCC(NC(=O)C2CCCC2)CC1. The summed E-state index contributed by atoms with van der Waals surface area (Å²) in [5.74, 6) is 0.391. The number of ether oxygens (including phenoxy) is 1. The highest BCUT2D eigenvalue weighted by Crippen LogP contribution is 2.27. The minimum absolute atomic E-state index is 0.0701. The Balaban J connectivity index is 1.54. The fourth-order valence-corrected chi connectivity index (χ4v) is 4.08. The third kappa shape index (κ3) is 5.22. The Morgan fingerprint density at radius 3 is 2.52 bits per heavy atom. The molecule has 1 aliphatic heterocycles. The van der Waals surface area contributed by atoms with E-state index in [2.05, 4.69) is 15.5 Å². The maximum absolute atomic E-state index is 12.5. The molecule has 2 N–H and O–H groups in total. The van der Waals surface area contributed by atoms with Crippen molar-refractivity contribution in [3.05, 3.63) is 29.8 Å². The van der Waals surface area contributed by atoms with Crippen LogP contribution in [0.5, 0.6) is 0 Å². The number of benzene rings is 1. The van der Waals surface area contributed by atoms with Crippen LogP contribution in [0.2, 0.25) is 0 Å². The molecule has 2 amide bonds. The predicted octanol–water partition coefficient (Wildman–Crippen LogP) is 2.34. The first kappa shape index (κ1) is 19.7. The van der Waals surface area contributed by atoms with Crippen molar-refractivity contribution < 1.29 is 14.3 Å². The third-order valence-corrected chi connectivity index (χ3v) is 5.65. The van der Waals surface area contributed by atoms with E-state index in [1.54, 1.807) is 7.11 Å². The van der Waals surface area contributed by atoms with Crippen molar-refractivity contribution in [2.24, 2.45) is 5.92 Å². The Labute approximate surface area is 161 Å². The van der Waals surface area contributed by atoms with Crippen molar-refractivity contribution in [1.82, 2.24) is 10.6 Å². The van der Waals surface area contributed by atoms with Gasteiger partial charge in [-0.2, -0.15) is 0 Å². The number of methoxy groups -OCH3 is 1. The van der Waals surface area contributed by atoms with Gasteiger partial charge < -0.3 is 20.3 Å². The molecule has 3 rings (SSSR count). The molecule has 27 heavy (non-hydrogen) atoms. The van der Waals surface area contributed by atoms with E-state index in [0.29, 0.717) is 18.7 Å². The Hall–Kier alpha value is -2.08. The van der Waals surface area contributed by atoms with Crippen molar-refractivity contribution in [3.8, 4) is 0 Å². The summed E-state index contributed by atoms with van der Waals surface area (Å²) in [6.45, 7) is 2.69. The van der Waals surface area contributed by atoms with E-state index in [1.165, 1.54) is 12.8 Å². The number of anilines is 1. The second-order valence-corrected chi connectivity index (χ2v) is 7.52. The van der Waals surface area contributed by atoms with E-state index < -0.39 is 0 Å². The van der Waals surface area contributed by atoms with Crippen LogP contribution in [0.1, 0.15) is 48.9 Å². The second-order valence-electron chi connectivity index (χ2n) is 7.52. The monoisotopic (exact) mass is 373 g/mol. The number of hydrogen-bond acceptors (Lipinski definition) is 4. The van der Waals surface area contributed by atoms with Crippen LogP contribution in [0.3, 0.4) is 0 Å². The van der Waals surface area contributed by atoms with Crippen LogP contribution < -0.4 is 15.5 Å². The third-order valence-electron chi connectivity index (χ3n) is 5.65. The van der Waals surface area contributed by atoms with Gasteiger partial charge in [-0.05, 0) is 37.8 Å². The second kappa shape index (κ2) is 9.74. The topological polar surface area (TPSA) is 70.7 Å². The molecule has 1 aromatic rings. The van der Waals surface area contributed by atoms with Crippen LogP contribution in [0.4, 0.5) is 5.69 Å². The summed E-state index contributed by atoms with van der Waals surface area (Å²) in [6, 6.07) is 7.98. The molecular formula is C21H31N3O3. The summed E-state index contributed by atoms with van der Waals surface area (Å²) in [7, 11) is 1.62. The summed E-state index contributed by atoms with van der Waals surface area (Å²) >= 11 is 0. The van der Waals surface area contributed by atoms with E-state index in [4.69, 9.17) is 4.74 Å². The highest BCUT2D eigenvalue weighted by Gasteiger charge is 2.27. The first-order chi connectivity index (χ1) is 13.2. The lowest BCUT2D eigenvalue weighted by molar-refractivity contribution is -0.125. The number of nitrogens with one attached hydrogen (secondary N) is 2. The molecule has 0 unspecified atom stereocenters. The van der Waals surface area contributed by atoms with E-state index in [0.717, 1.165) is 44.5 Å². The number of piperidine rings is 1. The minimum Gasteiger partial charge on any atom is -0.383 e. The molecule has 2 aliphatic rings. The van der Waals surface area contributed by atoms with Gasteiger partial charge in [0.25, 0.3) is 5.91 Å². The van der Waals surface area contributed by atoms with Crippen molar-refractivity contribution in [1.29, 1.82) is 0 Å². The van der Waals surface area contributed by atoms with Gasteiger partial charge in [-0.15, -0.1) is 0 Å². The molecule has 0 aromatic heterocycles. The molecule has 1 aliphatic carbocycles. The van der Waals surface area contributed by atoms with Gasteiger partial charge in [-0.1, -0.05) is 25.0 Å². The first-order valence-corrected chi connectivity index (χ1v) is 10.1. The molecule has 1 saturated carbocycles.